The van der Waals surface area contributed by atoms with Gasteiger partial charge >= 0.3 is 5.97 Å². The van der Waals surface area contributed by atoms with Gasteiger partial charge in [-0.1, -0.05) is 12.2 Å². The number of benzene rings is 1. The minimum atomic E-state index is -0.659. The number of carbonyl (C=O) groups excluding carboxylic acids is 1. The highest BCUT2D eigenvalue weighted by Crippen LogP contribution is 2.37. The number of nitrogens with one attached hydrogen (secondary N) is 4. The summed E-state index contributed by atoms with van der Waals surface area (Å²) in [6.07, 6.45) is 5.48. The summed E-state index contributed by atoms with van der Waals surface area (Å²) in [6, 6.07) is 5.11. The molecule has 1 aliphatic carbocycles. The lowest BCUT2D eigenvalue weighted by atomic mass is 9.77. The largest absolute Gasteiger partial charge is 0.427 e. The number of hydrogen-bond acceptors (Lipinski definition) is 6. The Morgan fingerprint density at radius 2 is 1.61 bits per heavy atom. The number of esters is 1. The van der Waals surface area contributed by atoms with Crippen LogP contribution in [0.25, 0.3) is 0 Å². The Bertz CT molecular complexity index is 1330. The summed E-state index contributed by atoms with van der Waals surface area (Å²) in [5, 5.41) is 21.5. The van der Waals surface area contributed by atoms with Gasteiger partial charge in [-0.3, -0.25) is 29.9 Å². The predicted octanol–water partition coefficient (Wildman–Crippen LogP) is 2.69. The van der Waals surface area contributed by atoms with Crippen molar-refractivity contribution in [1.29, 1.82) is 0 Å². The van der Waals surface area contributed by atoms with Crippen LogP contribution in [0.15, 0.2) is 57.8 Å². The molecule has 2 heterocycles. The monoisotopic (exact) mass is 451 g/mol. The normalized spacial score (nSPS) is 15.5. The zero-order valence-corrected chi connectivity index (χ0v) is 17.8. The molecule has 0 bridgehead atoms. The van der Waals surface area contributed by atoms with Gasteiger partial charge in [-0.2, -0.15) is 0 Å². The first-order chi connectivity index (χ1) is 15.8. The Morgan fingerprint density at radius 3 is 2.09 bits per heavy atom. The second kappa shape index (κ2) is 8.61. The van der Waals surface area contributed by atoms with Crippen LogP contribution in [0.2, 0.25) is 0 Å². The maximum absolute atomic E-state index is 12.6. The number of aromatic nitrogens is 4. The number of hydrogen-bond donors (Lipinski definition) is 4. The van der Waals surface area contributed by atoms with Crippen molar-refractivity contribution in [3.63, 3.8) is 0 Å². The third kappa shape index (κ3) is 4.20. The topological polar surface area (TPSA) is 167 Å². The standard InChI is InChI=1S/C22H21N5O6/c1-11-17(20(28)25-23-11)19(18-12(2)24-26-21(18)29)14-4-3-5-16(10-14)33-22(30)13-6-8-15(9-7-13)27(31)32/h3-9,14,19H,10H2,1-2H3,(H2,23,25,28)(H2,24,26,29)/t14-/m1/s1. The molecule has 4 N–H and O–H groups in total. The molecule has 2 aromatic heterocycles. The van der Waals surface area contributed by atoms with Crippen molar-refractivity contribution < 1.29 is 14.5 Å². The minimum Gasteiger partial charge on any atom is -0.427 e. The fraction of sp³-hybridized carbons (Fsp3) is 0.227. The number of allylic oxidation sites excluding steroid dienone is 4. The number of aromatic amines is 4. The third-order valence-corrected chi connectivity index (χ3v) is 5.69. The molecule has 0 amide bonds. The summed E-state index contributed by atoms with van der Waals surface area (Å²) in [4.78, 5) is 48.0. The quantitative estimate of drug-likeness (QED) is 0.255. The van der Waals surface area contributed by atoms with Crippen molar-refractivity contribution in [2.45, 2.75) is 26.2 Å². The number of H-pyrrole nitrogens is 4. The van der Waals surface area contributed by atoms with Crippen LogP contribution in [0.3, 0.4) is 0 Å². The summed E-state index contributed by atoms with van der Waals surface area (Å²) < 4.78 is 5.53. The number of nitro benzene ring substituents is 1. The number of ether oxygens (including phenoxy) is 1. The zero-order chi connectivity index (χ0) is 23.7. The Labute approximate surface area is 186 Å². The fourth-order valence-electron chi connectivity index (χ4n) is 4.11. The number of carbonyl (C=O) groups is 1. The average Bonchev–Trinajstić information content (AvgIpc) is 3.30. The highest BCUT2D eigenvalue weighted by atomic mass is 16.6. The smallest absolute Gasteiger partial charge is 0.343 e. The molecule has 0 unspecified atom stereocenters. The number of rotatable bonds is 6. The molecule has 4 rings (SSSR count). The Kier molecular flexibility index (Phi) is 5.69. The Morgan fingerprint density at radius 1 is 1.03 bits per heavy atom. The maximum Gasteiger partial charge on any atom is 0.343 e. The van der Waals surface area contributed by atoms with Crippen LogP contribution in [0.5, 0.6) is 0 Å². The summed E-state index contributed by atoms with van der Waals surface area (Å²) >= 11 is 0. The Balaban J connectivity index is 1.61. The van der Waals surface area contributed by atoms with Crippen LogP contribution in [-0.4, -0.2) is 31.3 Å². The molecule has 0 radical (unpaired) electrons. The molecular formula is C22H21N5O6. The predicted molar refractivity (Wildman–Crippen MR) is 118 cm³/mol. The summed E-state index contributed by atoms with van der Waals surface area (Å²) in [5.41, 5.74) is 1.46. The van der Waals surface area contributed by atoms with Gasteiger partial charge in [-0.15, -0.1) is 0 Å². The molecule has 0 aliphatic heterocycles. The number of nitrogens with zero attached hydrogens (tertiary/aromatic N) is 1. The fourth-order valence-corrected chi connectivity index (χ4v) is 4.11. The molecular weight excluding hydrogens is 430 g/mol. The molecule has 11 heteroatoms. The zero-order valence-electron chi connectivity index (χ0n) is 17.8. The lowest BCUT2D eigenvalue weighted by Gasteiger charge is -2.26. The van der Waals surface area contributed by atoms with E-state index in [9.17, 15) is 24.5 Å². The first-order valence-corrected chi connectivity index (χ1v) is 10.1. The van der Waals surface area contributed by atoms with Crippen LogP contribution in [0, 0.1) is 29.9 Å². The SMILES string of the molecule is Cc1[nH][nH]c(=O)c1C(c1c(C)[nH][nH]c1=O)[C@@H]1C=CC=C(OC(=O)c2ccc([N+](=O)[O-])cc2)C1. The van der Waals surface area contributed by atoms with E-state index in [1.807, 2.05) is 6.08 Å². The van der Waals surface area contributed by atoms with E-state index < -0.39 is 16.8 Å². The van der Waals surface area contributed by atoms with Gasteiger partial charge in [0.2, 0.25) is 0 Å². The molecule has 0 spiro atoms. The van der Waals surface area contributed by atoms with Crippen LogP contribution in [0.4, 0.5) is 5.69 Å². The van der Waals surface area contributed by atoms with Gasteiger partial charge in [-0.25, -0.2) is 4.79 Å². The van der Waals surface area contributed by atoms with E-state index in [-0.39, 0.29) is 34.7 Å². The second-order valence-electron chi connectivity index (χ2n) is 7.79. The first-order valence-electron chi connectivity index (χ1n) is 10.1. The highest BCUT2D eigenvalue weighted by Gasteiger charge is 2.34. The van der Waals surface area contributed by atoms with Gasteiger partial charge in [-0.05, 0) is 38.0 Å². The van der Waals surface area contributed by atoms with Gasteiger partial charge in [0.15, 0.2) is 0 Å². The van der Waals surface area contributed by atoms with E-state index in [2.05, 4.69) is 20.4 Å². The van der Waals surface area contributed by atoms with E-state index in [1.165, 1.54) is 24.3 Å². The van der Waals surface area contributed by atoms with Crippen molar-refractivity contribution in [3.8, 4) is 0 Å². The molecule has 0 fully saturated rings. The van der Waals surface area contributed by atoms with E-state index in [0.29, 0.717) is 28.3 Å². The summed E-state index contributed by atoms with van der Waals surface area (Å²) in [5.74, 6) is -1.24. The van der Waals surface area contributed by atoms with Gasteiger partial charge in [0, 0.05) is 47.0 Å². The lowest BCUT2D eigenvalue weighted by Crippen LogP contribution is -2.26. The molecule has 170 valence electrons. The van der Waals surface area contributed by atoms with Crippen molar-refractivity contribution >= 4 is 11.7 Å². The third-order valence-electron chi connectivity index (χ3n) is 5.69. The molecule has 11 nitrogen and oxygen atoms in total. The van der Waals surface area contributed by atoms with E-state index in [4.69, 9.17) is 4.74 Å². The number of nitro groups is 1. The van der Waals surface area contributed by atoms with Crippen LogP contribution >= 0.6 is 0 Å². The lowest BCUT2D eigenvalue weighted by molar-refractivity contribution is -0.384. The maximum atomic E-state index is 12.6. The molecule has 1 aliphatic rings. The van der Waals surface area contributed by atoms with E-state index >= 15 is 0 Å². The molecule has 1 atom stereocenters. The molecule has 33 heavy (non-hydrogen) atoms. The first kappa shape index (κ1) is 21.8. The molecule has 1 aromatic carbocycles. The highest BCUT2D eigenvalue weighted by molar-refractivity contribution is 5.90. The summed E-state index contributed by atoms with van der Waals surface area (Å²) in [7, 11) is 0. The average molecular weight is 451 g/mol. The molecule has 3 aromatic rings. The van der Waals surface area contributed by atoms with Gasteiger partial charge in [0.25, 0.3) is 16.8 Å². The number of aryl methyl sites for hydroxylation is 2. The van der Waals surface area contributed by atoms with Crippen LogP contribution < -0.4 is 11.1 Å². The van der Waals surface area contributed by atoms with Crippen molar-refractivity contribution in [2.75, 3.05) is 0 Å². The van der Waals surface area contributed by atoms with E-state index in [0.717, 1.165) is 0 Å². The van der Waals surface area contributed by atoms with E-state index in [1.54, 1.807) is 26.0 Å². The minimum absolute atomic E-state index is 0.131. The second-order valence-corrected chi connectivity index (χ2v) is 7.79. The van der Waals surface area contributed by atoms with Crippen molar-refractivity contribution in [2.24, 2.45) is 5.92 Å². The Hall–Kier alpha value is -4.41. The van der Waals surface area contributed by atoms with Crippen molar-refractivity contribution in [3.05, 3.63) is 107 Å². The molecule has 0 saturated heterocycles. The van der Waals surface area contributed by atoms with Gasteiger partial charge in [0.05, 0.1) is 10.5 Å². The van der Waals surface area contributed by atoms with Crippen LogP contribution in [-0.2, 0) is 4.74 Å². The van der Waals surface area contributed by atoms with Gasteiger partial charge in [0.1, 0.15) is 5.76 Å². The summed E-state index contributed by atoms with van der Waals surface area (Å²) in [6.45, 7) is 3.49. The van der Waals surface area contributed by atoms with Gasteiger partial charge < -0.3 is 14.9 Å². The van der Waals surface area contributed by atoms with Crippen molar-refractivity contribution in [1.82, 2.24) is 20.4 Å². The molecule has 0 saturated carbocycles. The number of non-ortho nitro benzene ring substituents is 1. The van der Waals surface area contributed by atoms with Crippen LogP contribution in [0.1, 0.15) is 45.2 Å².